The van der Waals surface area contributed by atoms with E-state index in [0.29, 0.717) is 10.7 Å². The molecule has 1 heterocycles. The summed E-state index contributed by atoms with van der Waals surface area (Å²) in [5.74, 6) is -1.76. The van der Waals surface area contributed by atoms with Crippen LogP contribution in [-0.4, -0.2) is 46.8 Å². The fraction of sp³-hybridized carbons (Fsp3) is 0.333. The van der Waals surface area contributed by atoms with Gasteiger partial charge in [0.2, 0.25) is 0 Å². The Kier molecular flexibility index (Phi) is 6.42. The first-order valence-electron chi connectivity index (χ1n) is 9.54. The van der Waals surface area contributed by atoms with E-state index in [4.69, 9.17) is 4.74 Å². The van der Waals surface area contributed by atoms with Crippen LogP contribution >= 0.6 is 0 Å². The Morgan fingerprint density at radius 1 is 1.10 bits per heavy atom. The molecular weight excluding hydrogens is 408 g/mol. The maximum Gasteiger partial charge on any atom is 0.343 e. The molecule has 2 aromatic carbocycles. The highest BCUT2D eigenvalue weighted by atomic mass is 32.2. The van der Waals surface area contributed by atoms with Gasteiger partial charge in [0, 0.05) is 6.54 Å². The molecule has 0 saturated carbocycles. The van der Waals surface area contributed by atoms with Gasteiger partial charge in [-0.05, 0) is 30.0 Å². The van der Waals surface area contributed by atoms with Crippen LogP contribution in [0, 0.1) is 5.92 Å². The molecule has 0 bridgehead atoms. The van der Waals surface area contributed by atoms with E-state index in [2.05, 4.69) is 0 Å². The average Bonchev–Trinajstić information content (AvgIpc) is 2.87. The van der Waals surface area contributed by atoms with E-state index < -0.39 is 34.9 Å². The van der Waals surface area contributed by atoms with E-state index in [0.717, 1.165) is 9.87 Å². The van der Waals surface area contributed by atoms with Crippen molar-refractivity contribution >= 4 is 22.1 Å². The summed E-state index contributed by atoms with van der Waals surface area (Å²) in [6.45, 7) is 3.09. The van der Waals surface area contributed by atoms with Gasteiger partial charge in [-0.2, -0.15) is 17.0 Å². The summed E-state index contributed by atoms with van der Waals surface area (Å²) in [6.07, 6.45) is 0.342. The number of hydrogen-bond acceptors (Lipinski definition) is 6. The van der Waals surface area contributed by atoms with Crippen molar-refractivity contribution in [3.8, 4) is 5.75 Å². The Labute approximate surface area is 175 Å². The van der Waals surface area contributed by atoms with Gasteiger partial charge >= 0.3 is 16.2 Å². The molecule has 1 aliphatic heterocycles. The van der Waals surface area contributed by atoms with Crippen molar-refractivity contribution in [2.75, 3.05) is 6.73 Å². The maximum absolute atomic E-state index is 13.1. The highest BCUT2D eigenvalue weighted by Gasteiger charge is 2.50. The summed E-state index contributed by atoms with van der Waals surface area (Å²) in [5, 5.41) is 9.77. The first-order chi connectivity index (χ1) is 14.2. The molecule has 0 aliphatic carbocycles. The molecule has 0 unspecified atom stereocenters. The third-order valence-corrected chi connectivity index (χ3v) is 6.58. The quantitative estimate of drug-likeness (QED) is 0.674. The molecule has 1 N–H and O–H groups in total. The van der Waals surface area contributed by atoms with Crippen molar-refractivity contribution in [1.29, 1.82) is 0 Å². The average molecular weight is 432 g/mol. The highest BCUT2D eigenvalue weighted by Crippen LogP contribution is 2.30. The Balaban J connectivity index is 1.82. The Bertz CT molecular complexity index is 1020. The first kappa shape index (κ1) is 21.8. The summed E-state index contributed by atoms with van der Waals surface area (Å²) >= 11 is 0. The molecule has 2 aromatic rings. The van der Waals surface area contributed by atoms with Gasteiger partial charge in [0.25, 0.3) is 5.91 Å². The van der Waals surface area contributed by atoms with E-state index in [1.54, 1.807) is 30.3 Å². The van der Waals surface area contributed by atoms with Gasteiger partial charge in [0.15, 0.2) is 6.73 Å². The van der Waals surface area contributed by atoms with Crippen LogP contribution in [0.3, 0.4) is 0 Å². The molecule has 1 aliphatic rings. The highest BCUT2D eigenvalue weighted by molar-refractivity contribution is 7.87. The molecule has 160 valence electrons. The molecule has 0 spiro atoms. The van der Waals surface area contributed by atoms with Gasteiger partial charge in [0.1, 0.15) is 17.4 Å². The molecular formula is C21H24N2O6S. The Morgan fingerprint density at radius 3 is 2.37 bits per heavy atom. The molecule has 9 heteroatoms. The summed E-state index contributed by atoms with van der Waals surface area (Å²) < 4.78 is 33.0. The minimum atomic E-state index is -4.18. The monoisotopic (exact) mass is 432 g/mol. The smallest absolute Gasteiger partial charge is 0.343 e. The standard InChI is InChI=1S/C21H24N2O6S/c1-15(2)12-18-20(25)23(14-29-21(26)17-10-6-7-11-19(17)24)30(27,28)22(18)13-16-8-4-3-5-9-16/h3-11,15,18,24H,12-14H2,1-2H3/t18-/m0/s1. The predicted molar refractivity (Wildman–Crippen MR) is 109 cm³/mol. The van der Waals surface area contributed by atoms with Crippen molar-refractivity contribution < 1.29 is 27.9 Å². The van der Waals surface area contributed by atoms with Crippen molar-refractivity contribution in [3.05, 3.63) is 65.7 Å². The number of carbonyl (C=O) groups excluding carboxylic acids is 2. The number of nitrogens with zero attached hydrogens (tertiary/aromatic N) is 2. The minimum Gasteiger partial charge on any atom is -0.507 e. The zero-order valence-electron chi connectivity index (χ0n) is 16.8. The van der Waals surface area contributed by atoms with Crippen LogP contribution in [0.5, 0.6) is 5.75 Å². The van der Waals surface area contributed by atoms with Gasteiger partial charge in [-0.1, -0.05) is 56.3 Å². The lowest BCUT2D eigenvalue weighted by atomic mass is 10.0. The molecule has 30 heavy (non-hydrogen) atoms. The summed E-state index contributed by atoms with van der Waals surface area (Å²) in [7, 11) is -4.18. The predicted octanol–water partition coefficient (Wildman–Crippen LogP) is 2.51. The number of ether oxygens (including phenoxy) is 1. The third kappa shape index (κ3) is 4.47. The normalized spacial score (nSPS) is 18.7. The van der Waals surface area contributed by atoms with Crippen LogP contribution in [0.25, 0.3) is 0 Å². The molecule has 3 rings (SSSR count). The largest absolute Gasteiger partial charge is 0.507 e. The van der Waals surface area contributed by atoms with E-state index >= 15 is 0 Å². The van der Waals surface area contributed by atoms with Crippen LogP contribution in [0.2, 0.25) is 0 Å². The summed E-state index contributed by atoms with van der Waals surface area (Å²) in [4.78, 5) is 25.2. The van der Waals surface area contributed by atoms with Crippen molar-refractivity contribution in [2.24, 2.45) is 5.92 Å². The van der Waals surface area contributed by atoms with Crippen molar-refractivity contribution in [3.63, 3.8) is 0 Å². The molecule has 1 fully saturated rings. The molecule has 1 amide bonds. The second-order valence-corrected chi connectivity index (χ2v) is 9.25. The number of phenols is 1. The zero-order valence-corrected chi connectivity index (χ0v) is 17.6. The molecule has 1 saturated heterocycles. The van der Waals surface area contributed by atoms with Gasteiger partial charge < -0.3 is 9.84 Å². The van der Waals surface area contributed by atoms with E-state index in [9.17, 15) is 23.1 Å². The number of para-hydroxylation sites is 1. The lowest BCUT2D eigenvalue weighted by molar-refractivity contribution is -0.130. The third-order valence-electron chi connectivity index (χ3n) is 4.77. The minimum absolute atomic E-state index is 0.0379. The fourth-order valence-corrected chi connectivity index (χ4v) is 4.88. The van der Waals surface area contributed by atoms with Crippen LogP contribution < -0.4 is 0 Å². The molecule has 0 aromatic heterocycles. The second-order valence-electron chi connectivity index (χ2n) is 7.45. The van der Waals surface area contributed by atoms with Crippen molar-refractivity contribution in [1.82, 2.24) is 8.61 Å². The summed E-state index contributed by atoms with van der Waals surface area (Å²) in [6, 6.07) is 13.8. The number of esters is 1. The summed E-state index contributed by atoms with van der Waals surface area (Å²) in [5.41, 5.74) is 0.636. The Morgan fingerprint density at radius 2 is 1.73 bits per heavy atom. The van der Waals surface area contributed by atoms with Gasteiger partial charge in [0.05, 0.1) is 0 Å². The lowest BCUT2D eigenvalue weighted by Gasteiger charge is -2.21. The number of aromatic hydroxyl groups is 1. The van der Waals surface area contributed by atoms with E-state index in [1.807, 2.05) is 19.9 Å². The van der Waals surface area contributed by atoms with Crippen molar-refractivity contribution in [2.45, 2.75) is 32.9 Å². The number of benzene rings is 2. The first-order valence-corrected chi connectivity index (χ1v) is 10.9. The number of hydrogen-bond donors (Lipinski definition) is 1. The van der Waals surface area contributed by atoms with Gasteiger partial charge in [-0.3, -0.25) is 4.79 Å². The zero-order chi connectivity index (χ0) is 21.9. The van der Waals surface area contributed by atoms with Crippen LogP contribution in [0.1, 0.15) is 36.2 Å². The number of carbonyl (C=O) groups is 2. The lowest BCUT2D eigenvalue weighted by Crippen LogP contribution is -2.36. The second kappa shape index (κ2) is 8.85. The fourth-order valence-electron chi connectivity index (χ4n) is 3.28. The van der Waals surface area contributed by atoms with Crippen LogP contribution in [0.15, 0.2) is 54.6 Å². The number of amides is 1. The molecule has 0 radical (unpaired) electrons. The van der Waals surface area contributed by atoms with Gasteiger partial charge in [-0.25, -0.2) is 4.79 Å². The Hall–Kier alpha value is -2.91. The maximum atomic E-state index is 13.1. The van der Waals surface area contributed by atoms with E-state index in [-0.39, 0.29) is 23.8 Å². The van der Waals surface area contributed by atoms with Crippen LogP contribution in [-0.2, 0) is 26.3 Å². The molecule has 8 nitrogen and oxygen atoms in total. The number of phenolic OH excluding ortho intramolecular Hbond substituents is 1. The van der Waals surface area contributed by atoms with Crippen LogP contribution in [0.4, 0.5) is 0 Å². The number of rotatable bonds is 7. The SMILES string of the molecule is CC(C)C[C@H]1C(=O)N(COC(=O)c2ccccc2O)S(=O)(=O)N1Cc1ccccc1. The topological polar surface area (TPSA) is 104 Å². The van der Waals surface area contributed by atoms with E-state index in [1.165, 1.54) is 18.2 Å². The molecule has 1 atom stereocenters. The van der Waals surface area contributed by atoms with Gasteiger partial charge in [-0.15, -0.1) is 0 Å².